The summed E-state index contributed by atoms with van der Waals surface area (Å²) in [5.41, 5.74) is 0.855. The molecular formula is C13H12N2O2. The van der Waals surface area contributed by atoms with E-state index in [0.29, 0.717) is 5.82 Å². The van der Waals surface area contributed by atoms with Crippen molar-refractivity contribution in [2.75, 3.05) is 0 Å². The van der Waals surface area contributed by atoms with Crippen LogP contribution in [0.2, 0.25) is 0 Å². The zero-order valence-electron chi connectivity index (χ0n) is 9.41. The van der Waals surface area contributed by atoms with Crippen molar-refractivity contribution < 1.29 is 9.53 Å². The predicted octanol–water partition coefficient (Wildman–Crippen LogP) is 2.13. The highest BCUT2D eigenvalue weighted by Gasteiger charge is 2.19. The topological polar surface area (TPSA) is 52.1 Å². The van der Waals surface area contributed by atoms with Crippen LogP contribution in [0.25, 0.3) is 0 Å². The van der Waals surface area contributed by atoms with E-state index in [9.17, 15) is 4.79 Å². The lowest BCUT2D eigenvalue weighted by Gasteiger charge is -2.15. The molecule has 0 aliphatic heterocycles. The van der Waals surface area contributed by atoms with Crippen LogP contribution >= 0.6 is 0 Å². The smallest absolute Gasteiger partial charge is 0.303 e. The number of aromatic nitrogens is 2. The van der Waals surface area contributed by atoms with E-state index in [1.54, 1.807) is 18.5 Å². The minimum absolute atomic E-state index is 0.355. The molecule has 0 radical (unpaired) electrons. The maximum atomic E-state index is 11.1. The summed E-state index contributed by atoms with van der Waals surface area (Å²) in [6, 6.07) is 11.1. The van der Waals surface area contributed by atoms with Crippen LogP contribution < -0.4 is 0 Å². The summed E-state index contributed by atoms with van der Waals surface area (Å²) in [6.07, 6.45) is 2.71. The van der Waals surface area contributed by atoms with Gasteiger partial charge in [0.15, 0.2) is 11.9 Å². The van der Waals surface area contributed by atoms with Crippen molar-refractivity contribution in [3.8, 4) is 0 Å². The molecule has 0 fully saturated rings. The maximum Gasteiger partial charge on any atom is 0.303 e. The molecule has 1 unspecified atom stereocenters. The van der Waals surface area contributed by atoms with E-state index < -0.39 is 6.10 Å². The minimum Gasteiger partial charge on any atom is -0.449 e. The number of hydrogen-bond acceptors (Lipinski definition) is 4. The van der Waals surface area contributed by atoms with E-state index in [4.69, 9.17) is 4.74 Å². The first-order valence-corrected chi connectivity index (χ1v) is 5.26. The van der Waals surface area contributed by atoms with Crippen LogP contribution in [0.15, 0.2) is 48.8 Å². The second kappa shape index (κ2) is 5.21. The summed E-state index contributed by atoms with van der Waals surface area (Å²) in [5.74, 6) is 0.125. The SMILES string of the molecule is CC(=O)OC(c1ccccc1)c1ncccn1. The fourth-order valence-corrected chi connectivity index (χ4v) is 1.51. The molecule has 0 saturated heterocycles. The van der Waals surface area contributed by atoms with Gasteiger partial charge in [0.25, 0.3) is 0 Å². The summed E-state index contributed by atoms with van der Waals surface area (Å²) in [7, 11) is 0. The van der Waals surface area contributed by atoms with Crippen molar-refractivity contribution in [3.05, 3.63) is 60.2 Å². The van der Waals surface area contributed by atoms with Gasteiger partial charge in [0.1, 0.15) is 0 Å². The van der Waals surface area contributed by atoms with Gasteiger partial charge in [-0.3, -0.25) is 4.79 Å². The van der Waals surface area contributed by atoms with E-state index in [-0.39, 0.29) is 5.97 Å². The maximum absolute atomic E-state index is 11.1. The highest BCUT2D eigenvalue weighted by atomic mass is 16.5. The van der Waals surface area contributed by atoms with Gasteiger partial charge in [-0.25, -0.2) is 9.97 Å². The van der Waals surface area contributed by atoms with E-state index in [0.717, 1.165) is 5.56 Å². The molecule has 1 aromatic heterocycles. The molecule has 1 atom stereocenters. The predicted molar refractivity (Wildman–Crippen MR) is 62.1 cm³/mol. The Bertz CT molecular complexity index is 446. The molecule has 0 saturated carbocycles. The lowest BCUT2D eigenvalue weighted by molar-refractivity contribution is -0.145. The molecule has 4 nitrogen and oxygen atoms in total. The van der Waals surface area contributed by atoms with Crippen molar-refractivity contribution in [1.82, 2.24) is 9.97 Å². The Kier molecular flexibility index (Phi) is 3.45. The van der Waals surface area contributed by atoms with Crippen LogP contribution in [-0.2, 0) is 9.53 Å². The number of benzene rings is 1. The zero-order chi connectivity index (χ0) is 12.1. The van der Waals surface area contributed by atoms with Crippen molar-refractivity contribution >= 4 is 5.97 Å². The summed E-state index contributed by atoms with van der Waals surface area (Å²) in [5, 5.41) is 0. The molecule has 0 N–H and O–H groups in total. The van der Waals surface area contributed by atoms with Gasteiger partial charge in [0, 0.05) is 24.9 Å². The van der Waals surface area contributed by atoms with E-state index in [1.165, 1.54) is 6.92 Å². The van der Waals surface area contributed by atoms with Crippen LogP contribution in [-0.4, -0.2) is 15.9 Å². The summed E-state index contributed by atoms with van der Waals surface area (Å²) < 4.78 is 5.26. The van der Waals surface area contributed by atoms with Gasteiger partial charge in [-0.15, -0.1) is 0 Å². The van der Waals surface area contributed by atoms with E-state index in [1.807, 2.05) is 30.3 Å². The zero-order valence-corrected chi connectivity index (χ0v) is 9.41. The monoisotopic (exact) mass is 228 g/mol. The van der Waals surface area contributed by atoms with Crippen molar-refractivity contribution in [2.45, 2.75) is 13.0 Å². The molecule has 1 heterocycles. The molecule has 0 bridgehead atoms. The van der Waals surface area contributed by atoms with E-state index in [2.05, 4.69) is 9.97 Å². The molecule has 86 valence electrons. The van der Waals surface area contributed by atoms with Crippen LogP contribution in [0.4, 0.5) is 0 Å². The van der Waals surface area contributed by atoms with Crippen LogP contribution in [0, 0.1) is 0 Å². The Morgan fingerprint density at radius 2 is 1.76 bits per heavy atom. The molecule has 1 aromatic carbocycles. The highest BCUT2D eigenvalue weighted by Crippen LogP contribution is 2.22. The Labute approximate surface area is 99.3 Å². The minimum atomic E-state index is -0.546. The van der Waals surface area contributed by atoms with E-state index >= 15 is 0 Å². The summed E-state index contributed by atoms with van der Waals surface area (Å²) in [6.45, 7) is 1.37. The Hall–Kier alpha value is -2.23. The second-order valence-corrected chi connectivity index (χ2v) is 3.51. The van der Waals surface area contributed by atoms with Gasteiger partial charge in [-0.05, 0) is 6.07 Å². The number of ether oxygens (including phenoxy) is 1. The lowest BCUT2D eigenvalue weighted by atomic mass is 10.1. The van der Waals surface area contributed by atoms with Crippen LogP contribution in [0.3, 0.4) is 0 Å². The largest absolute Gasteiger partial charge is 0.449 e. The van der Waals surface area contributed by atoms with Crippen molar-refractivity contribution in [2.24, 2.45) is 0 Å². The average Bonchev–Trinajstić information content (AvgIpc) is 2.38. The molecule has 0 aliphatic rings. The molecule has 17 heavy (non-hydrogen) atoms. The van der Waals surface area contributed by atoms with Crippen molar-refractivity contribution in [1.29, 1.82) is 0 Å². The van der Waals surface area contributed by atoms with Crippen molar-refractivity contribution in [3.63, 3.8) is 0 Å². The third-order valence-electron chi connectivity index (χ3n) is 2.21. The number of nitrogens with zero attached hydrogens (tertiary/aromatic N) is 2. The quantitative estimate of drug-likeness (QED) is 0.755. The molecule has 2 rings (SSSR count). The fraction of sp³-hybridized carbons (Fsp3) is 0.154. The van der Waals surface area contributed by atoms with Gasteiger partial charge < -0.3 is 4.74 Å². The first-order valence-electron chi connectivity index (χ1n) is 5.26. The third kappa shape index (κ3) is 2.87. The van der Waals surface area contributed by atoms with Gasteiger partial charge >= 0.3 is 5.97 Å². The normalized spacial score (nSPS) is 11.8. The molecule has 4 heteroatoms. The number of carbonyl (C=O) groups is 1. The number of hydrogen-bond donors (Lipinski definition) is 0. The molecular weight excluding hydrogens is 216 g/mol. The summed E-state index contributed by atoms with van der Waals surface area (Å²) >= 11 is 0. The standard InChI is InChI=1S/C13H12N2O2/c1-10(16)17-12(11-6-3-2-4-7-11)13-14-8-5-9-15-13/h2-9,12H,1H3. The fourth-order valence-electron chi connectivity index (χ4n) is 1.51. The van der Waals surface area contributed by atoms with Crippen LogP contribution in [0.5, 0.6) is 0 Å². The first-order chi connectivity index (χ1) is 8.27. The molecule has 0 spiro atoms. The van der Waals surface area contributed by atoms with Gasteiger partial charge in [-0.2, -0.15) is 0 Å². The Balaban J connectivity index is 2.36. The number of rotatable bonds is 3. The first kappa shape index (κ1) is 11.3. The van der Waals surface area contributed by atoms with Gasteiger partial charge in [0.2, 0.25) is 0 Å². The van der Waals surface area contributed by atoms with Gasteiger partial charge in [-0.1, -0.05) is 30.3 Å². The molecule has 0 amide bonds. The second-order valence-electron chi connectivity index (χ2n) is 3.51. The third-order valence-corrected chi connectivity index (χ3v) is 2.21. The Morgan fingerprint density at radius 3 is 2.35 bits per heavy atom. The van der Waals surface area contributed by atoms with Crippen LogP contribution in [0.1, 0.15) is 24.4 Å². The average molecular weight is 228 g/mol. The highest BCUT2D eigenvalue weighted by molar-refractivity contribution is 5.66. The molecule has 2 aromatic rings. The lowest BCUT2D eigenvalue weighted by Crippen LogP contribution is -2.12. The number of esters is 1. The summed E-state index contributed by atoms with van der Waals surface area (Å²) in [4.78, 5) is 19.4. The Morgan fingerprint density at radius 1 is 1.12 bits per heavy atom. The molecule has 0 aliphatic carbocycles. The number of carbonyl (C=O) groups excluding carboxylic acids is 1. The van der Waals surface area contributed by atoms with Gasteiger partial charge in [0.05, 0.1) is 0 Å².